The van der Waals surface area contributed by atoms with Crippen molar-refractivity contribution in [1.29, 1.82) is 0 Å². The fraction of sp³-hybridized carbons (Fsp3) is 0.433. The fourth-order valence-electron chi connectivity index (χ4n) is 3.91. The van der Waals surface area contributed by atoms with Gasteiger partial charge in [-0.15, -0.1) is 0 Å². The van der Waals surface area contributed by atoms with Crippen molar-refractivity contribution in [1.82, 2.24) is 4.98 Å². The van der Waals surface area contributed by atoms with E-state index >= 15 is 0 Å². The van der Waals surface area contributed by atoms with Crippen molar-refractivity contribution >= 4 is 0 Å². The number of hydrogen-bond acceptors (Lipinski definition) is 6. The van der Waals surface area contributed by atoms with Crippen molar-refractivity contribution < 1.29 is 23.7 Å². The Bertz CT molecular complexity index is 1040. The second-order valence-electron chi connectivity index (χ2n) is 8.61. The van der Waals surface area contributed by atoms with Crippen molar-refractivity contribution in [2.75, 3.05) is 60.5 Å². The van der Waals surface area contributed by atoms with E-state index in [0.29, 0.717) is 39.6 Å². The van der Waals surface area contributed by atoms with E-state index in [4.69, 9.17) is 23.7 Å². The SMILES string of the molecule is COCCOCCOCCOCCCCc1cc(-c2cc(-c3cccc(C)c3)ccc2OC)ccn1. The van der Waals surface area contributed by atoms with Crippen LogP contribution in [0, 0.1) is 6.92 Å². The quantitative estimate of drug-likeness (QED) is 0.223. The molecule has 0 unspecified atom stereocenters. The molecule has 0 aliphatic carbocycles. The summed E-state index contributed by atoms with van der Waals surface area (Å²) in [6.45, 7) is 6.39. The van der Waals surface area contributed by atoms with Crippen LogP contribution in [0.25, 0.3) is 22.3 Å². The van der Waals surface area contributed by atoms with Gasteiger partial charge in [0, 0.05) is 31.2 Å². The van der Waals surface area contributed by atoms with Gasteiger partial charge in [-0.1, -0.05) is 35.9 Å². The topological polar surface area (TPSA) is 59.0 Å². The monoisotopic (exact) mass is 493 g/mol. The van der Waals surface area contributed by atoms with Crippen LogP contribution in [0.1, 0.15) is 24.1 Å². The molecule has 0 fully saturated rings. The summed E-state index contributed by atoms with van der Waals surface area (Å²) in [5, 5.41) is 0. The van der Waals surface area contributed by atoms with Gasteiger partial charge in [0.25, 0.3) is 0 Å². The highest BCUT2D eigenvalue weighted by molar-refractivity contribution is 5.78. The number of aromatic nitrogens is 1. The third-order valence-electron chi connectivity index (χ3n) is 5.83. The molecule has 0 spiro atoms. The lowest BCUT2D eigenvalue weighted by Crippen LogP contribution is -2.11. The molecule has 0 atom stereocenters. The summed E-state index contributed by atoms with van der Waals surface area (Å²) in [5.41, 5.74) is 6.89. The van der Waals surface area contributed by atoms with Gasteiger partial charge in [0.1, 0.15) is 5.75 Å². The van der Waals surface area contributed by atoms with Crippen LogP contribution in [0.2, 0.25) is 0 Å². The van der Waals surface area contributed by atoms with Crippen molar-refractivity contribution in [3.05, 3.63) is 72.1 Å². The lowest BCUT2D eigenvalue weighted by atomic mass is 9.97. The number of nitrogens with zero attached hydrogens (tertiary/aromatic N) is 1. The molecule has 1 aromatic heterocycles. The molecule has 0 saturated heterocycles. The lowest BCUT2D eigenvalue weighted by molar-refractivity contribution is 0.00328. The van der Waals surface area contributed by atoms with Gasteiger partial charge in [-0.25, -0.2) is 0 Å². The Labute approximate surface area is 215 Å². The third-order valence-corrected chi connectivity index (χ3v) is 5.83. The molecule has 0 amide bonds. The summed E-state index contributed by atoms with van der Waals surface area (Å²) in [5.74, 6) is 0.862. The van der Waals surface area contributed by atoms with Crippen LogP contribution in [0.3, 0.4) is 0 Å². The molecule has 6 heteroatoms. The molecule has 0 aliphatic heterocycles. The Hall–Kier alpha value is -2.77. The maximum atomic E-state index is 5.68. The number of aryl methyl sites for hydroxylation is 2. The summed E-state index contributed by atoms with van der Waals surface area (Å²) < 4.78 is 27.1. The fourth-order valence-corrected chi connectivity index (χ4v) is 3.91. The highest BCUT2D eigenvalue weighted by Crippen LogP contribution is 2.34. The number of unbranched alkanes of at least 4 members (excludes halogenated alkanes) is 1. The first-order chi connectivity index (χ1) is 17.7. The molecule has 36 heavy (non-hydrogen) atoms. The highest BCUT2D eigenvalue weighted by Gasteiger charge is 2.10. The van der Waals surface area contributed by atoms with Crippen LogP contribution >= 0.6 is 0 Å². The summed E-state index contributed by atoms with van der Waals surface area (Å²) in [4.78, 5) is 4.59. The molecule has 2 aromatic carbocycles. The molecule has 6 nitrogen and oxygen atoms in total. The molecule has 0 N–H and O–H groups in total. The minimum absolute atomic E-state index is 0.577. The van der Waals surface area contributed by atoms with E-state index in [9.17, 15) is 0 Å². The Morgan fingerprint density at radius 3 is 2.11 bits per heavy atom. The Morgan fingerprint density at radius 1 is 0.667 bits per heavy atom. The first-order valence-corrected chi connectivity index (χ1v) is 12.6. The van der Waals surface area contributed by atoms with Gasteiger partial charge in [-0.2, -0.15) is 0 Å². The first kappa shape index (κ1) is 27.8. The van der Waals surface area contributed by atoms with Gasteiger partial charge in [-0.05, 0) is 67.1 Å². The molecule has 0 bridgehead atoms. The van der Waals surface area contributed by atoms with Crippen molar-refractivity contribution in [3.63, 3.8) is 0 Å². The Kier molecular flexibility index (Phi) is 12.4. The molecule has 3 aromatic rings. The number of ether oxygens (including phenoxy) is 5. The second-order valence-corrected chi connectivity index (χ2v) is 8.61. The van der Waals surface area contributed by atoms with Gasteiger partial charge in [0.15, 0.2) is 0 Å². The van der Waals surface area contributed by atoms with Gasteiger partial charge in [-0.3, -0.25) is 4.98 Å². The van der Waals surface area contributed by atoms with E-state index in [-0.39, 0.29) is 0 Å². The molecule has 194 valence electrons. The van der Waals surface area contributed by atoms with Crippen molar-refractivity contribution in [2.45, 2.75) is 26.2 Å². The number of hydrogen-bond donors (Lipinski definition) is 0. The predicted molar refractivity (Wildman–Crippen MR) is 144 cm³/mol. The van der Waals surface area contributed by atoms with E-state index < -0.39 is 0 Å². The Morgan fingerprint density at radius 2 is 1.39 bits per heavy atom. The van der Waals surface area contributed by atoms with Gasteiger partial charge < -0.3 is 23.7 Å². The molecular formula is C30H39NO5. The predicted octanol–water partition coefficient (Wildman–Crippen LogP) is 5.75. The zero-order valence-corrected chi connectivity index (χ0v) is 21.8. The maximum Gasteiger partial charge on any atom is 0.126 e. The molecule has 3 rings (SSSR count). The average molecular weight is 494 g/mol. The second kappa shape index (κ2) is 16.1. The molecule has 0 aliphatic rings. The van der Waals surface area contributed by atoms with Gasteiger partial charge >= 0.3 is 0 Å². The van der Waals surface area contributed by atoms with Crippen LogP contribution in [0.5, 0.6) is 5.75 Å². The normalized spacial score (nSPS) is 11.1. The number of rotatable bonds is 17. The van der Waals surface area contributed by atoms with E-state index in [2.05, 4.69) is 54.4 Å². The molecule has 1 heterocycles. The van der Waals surface area contributed by atoms with Crippen LogP contribution in [-0.4, -0.2) is 65.5 Å². The van der Waals surface area contributed by atoms with Crippen molar-refractivity contribution in [3.8, 4) is 28.0 Å². The van der Waals surface area contributed by atoms with Crippen LogP contribution in [-0.2, 0) is 25.4 Å². The third kappa shape index (κ3) is 9.36. The van der Waals surface area contributed by atoms with E-state index in [1.807, 2.05) is 18.3 Å². The summed E-state index contributed by atoms with van der Waals surface area (Å²) in [6, 6.07) is 19.1. The Balaban J connectivity index is 1.44. The average Bonchev–Trinajstić information content (AvgIpc) is 2.91. The largest absolute Gasteiger partial charge is 0.496 e. The lowest BCUT2D eigenvalue weighted by Gasteiger charge is -2.13. The first-order valence-electron chi connectivity index (χ1n) is 12.6. The summed E-state index contributed by atoms with van der Waals surface area (Å²) in [6.07, 6.45) is 4.80. The van der Waals surface area contributed by atoms with Crippen LogP contribution in [0.15, 0.2) is 60.8 Å². The smallest absolute Gasteiger partial charge is 0.126 e. The molecular weight excluding hydrogens is 454 g/mol. The standard InChI is InChI=1S/C30H39NO5/c1-24-7-6-8-25(21-24)26-10-11-30(33-3)29(23-26)27-12-13-31-28(22-27)9-4-5-14-34-17-18-36-20-19-35-16-15-32-2/h6-8,10-13,21-23H,4-5,9,14-20H2,1-3H3. The maximum absolute atomic E-state index is 5.68. The number of benzene rings is 2. The summed E-state index contributed by atoms with van der Waals surface area (Å²) in [7, 11) is 3.38. The van der Waals surface area contributed by atoms with Crippen LogP contribution in [0.4, 0.5) is 0 Å². The molecule has 0 radical (unpaired) electrons. The highest BCUT2D eigenvalue weighted by atomic mass is 16.6. The summed E-state index contributed by atoms with van der Waals surface area (Å²) >= 11 is 0. The van der Waals surface area contributed by atoms with E-state index in [0.717, 1.165) is 48.4 Å². The van der Waals surface area contributed by atoms with Crippen LogP contribution < -0.4 is 4.74 Å². The zero-order chi connectivity index (χ0) is 25.4. The molecule has 0 saturated carbocycles. The van der Waals surface area contributed by atoms with Gasteiger partial charge in [0.2, 0.25) is 0 Å². The minimum atomic E-state index is 0.577. The number of methoxy groups -OCH3 is 2. The number of pyridine rings is 1. The van der Waals surface area contributed by atoms with Gasteiger partial charge in [0.05, 0.1) is 46.8 Å². The van der Waals surface area contributed by atoms with E-state index in [1.165, 1.54) is 16.7 Å². The minimum Gasteiger partial charge on any atom is -0.496 e. The van der Waals surface area contributed by atoms with Crippen molar-refractivity contribution in [2.24, 2.45) is 0 Å². The zero-order valence-electron chi connectivity index (χ0n) is 21.8. The van der Waals surface area contributed by atoms with E-state index in [1.54, 1.807) is 14.2 Å².